The fourth-order valence-corrected chi connectivity index (χ4v) is 2.10. The maximum Gasteiger partial charge on any atom is 0.265 e. The number of anilines is 1. The molecule has 0 spiro atoms. The fourth-order valence-electron chi connectivity index (χ4n) is 1.62. The van der Waals surface area contributed by atoms with Crippen LogP contribution in [0.3, 0.4) is 0 Å². The van der Waals surface area contributed by atoms with Crippen molar-refractivity contribution in [1.29, 1.82) is 0 Å². The maximum atomic E-state index is 12.0. The number of ether oxygens (including phenoxy) is 1. The summed E-state index contributed by atoms with van der Waals surface area (Å²) in [7, 11) is 0. The molecule has 2 rings (SSSR count). The Labute approximate surface area is 137 Å². The van der Waals surface area contributed by atoms with Gasteiger partial charge in [0.25, 0.3) is 5.91 Å². The third-order valence-electron chi connectivity index (χ3n) is 2.67. The molecular weight excluding hydrogens is 333 g/mol. The van der Waals surface area contributed by atoms with Crippen LogP contribution < -0.4 is 10.1 Å². The zero-order valence-corrected chi connectivity index (χ0v) is 13.3. The van der Waals surface area contributed by atoms with Crippen molar-refractivity contribution in [2.24, 2.45) is 0 Å². The Hall–Kier alpha value is -1.42. The summed E-state index contributed by atoms with van der Waals surface area (Å²) in [5.74, 6) is 0.182. The Morgan fingerprint density at radius 1 is 1.10 bits per heavy atom. The zero-order valence-electron chi connectivity index (χ0n) is 11.1. The van der Waals surface area contributed by atoms with E-state index in [1.807, 2.05) is 0 Å². The van der Waals surface area contributed by atoms with Crippen LogP contribution >= 0.6 is 34.8 Å². The van der Waals surface area contributed by atoms with Crippen molar-refractivity contribution in [3.63, 3.8) is 0 Å². The van der Waals surface area contributed by atoms with Crippen LogP contribution in [-0.4, -0.2) is 12.0 Å². The molecule has 1 amide bonds. The van der Waals surface area contributed by atoms with Crippen molar-refractivity contribution in [1.82, 2.24) is 0 Å². The lowest BCUT2D eigenvalue weighted by atomic mass is 10.3. The summed E-state index contributed by atoms with van der Waals surface area (Å²) in [6.07, 6.45) is -0.693. The quantitative estimate of drug-likeness (QED) is 0.842. The van der Waals surface area contributed by atoms with Gasteiger partial charge < -0.3 is 10.1 Å². The molecule has 0 aromatic heterocycles. The number of benzene rings is 2. The molecule has 0 radical (unpaired) electrons. The number of nitrogens with one attached hydrogen (secondary N) is 1. The lowest BCUT2D eigenvalue weighted by Crippen LogP contribution is -2.30. The van der Waals surface area contributed by atoms with Gasteiger partial charge in [0.2, 0.25) is 0 Å². The molecule has 1 atom stereocenters. The van der Waals surface area contributed by atoms with Gasteiger partial charge in [0.05, 0.1) is 10.0 Å². The lowest BCUT2D eigenvalue weighted by molar-refractivity contribution is -0.122. The molecular formula is C15H12Cl3NO2. The summed E-state index contributed by atoms with van der Waals surface area (Å²) >= 11 is 17.6. The highest BCUT2D eigenvalue weighted by Gasteiger charge is 2.15. The van der Waals surface area contributed by atoms with Crippen molar-refractivity contribution in [2.45, 2.75) is 13.0 Å². The van der Waals surface area contributed by atoms with Gasteiger partial charge in [-0.05, 0) is 37.3 Å². The van der Waals surface area contributed by atoms with Gasteiger partial charge in [-0.15, -0.1) is 0 Å². The highest BCUT2D eigenvalue weighted by Crippen LogP contribution is 2.27. The Morgan fingerprint density at radius 2 is 1.86 bits per heavy atom. The van der Waals surface area contributed by atoms with Gasteiger partial charge in [-0.3, -0.25) is 4.79 Å². The highest BCUT2D eigenvalue weighted by molar-refractivity contribution is 6.42. The molecule has 21 heavy (non-hydrogen) atoms. The first kappa shape index (κ1) is 16.0. The van der Waals surface area contributed by atoms with E-state index in [1.165, 1.54) is 0 Å². The van der Waals surface area contributed by atoms with Crippen LogP contribution in [0.2, 0.25) is 15.1 Å². The van der Waals surface area contributed by atoms with Gasteiger partial charge in [-0.1, -0.05) is 40.9 Å². The van der Waals surface area contributed by atoms with Crippen LogP contribution in [0.15, 0.2) is 42.5 Å². The summed E-state index contributed by atoms with van der Waals surface area (Å²) in [5, 5.41) is 4.07. The van der Waals surface area contributed by atoms with E-state index < -0.39 is 6.10 Å². The van der Waals surface area contributed by atoms with Crippen LogP contribution in [0, 0.1) is 0 Å². The first-order chi connectivity index (χ1) is 9.95. The first-order valence-corrected chi connectivity index (χ1v) is 7.27. The normalized spacial score (nSPS) is 11.8. The summed E-state index contributed by atoms with van der Waals surface area (Å²) in [6, 6.07) is 11.7. The molecule has 1 N–H and O–H groups in total. The number of hydrogen-bond donors (Lipinski definition) is 1. The van der Waals surface area contributed by atoms with Gasteiger partial charge in [-0.2, -0.15) is 0 Å². The number of rotatable bonds is 4. The summed E-state index contributed by atoms with van der Waals surface area (Å²) < 4.78 is 5.53. The van der Waals surface area contributed by atoms with E-state index in [0.717, 1.165) is 0 Å². The molecule has 0 fully saturated rings. The predicted molar refractivity (Wildman–Crippen MR) is 86.6 cm³/mol. The minimum absolute atomic E-state index is 0.289. The number of carbonyl (C=O) groups excluding carboxylic acids is 1. The maximum absolute atomic E-state index is 12.0. The first-order valence-electron chi connectivity index (χ1n) is 6.14. The molecule has 6 heteroatoms. The van der Waals surface area contributed by atoms with E-state index >= 15 is 0 Å². The second kappa shape index (κ2) is 7.03. The molecule has 3 nitrogen and oxygen atoms in total. The minimum Gasteiger partial charge on any atom is -0.481 e. The summed E-state index contributed by atoms with van der Waals surface area (Å²) in [6.45, 7) is 1.64. The Bertz CT molecular complexity index is 661. The molecule has 0 saturated carbocycles. The standard InChI is InChI=1S/C15H12Cl3NO2/c1-9(21-12-5-6-13(17)14(18)8-12)15(20)19-11-4-2-3-10(16)7-11/h2-9H,1H3,(H,19,20). The van der Waals surface area contributed by atoms with E-state index in [1.54, 1.807) is 49.4 Å². The third kappa shape index (κ3) is 4.53. The minimum atomic E-state index is -0.693. The summed E-state index contributed by atoms with van der Waals surface area (Å²) in [4.78, 5) is 12.0. The van der Waals surface area contributed by atoms with Crippen LogP contribution in [0.4, 0.5) is 5.69 Å². The van der Waals surface area contributed by atoms with Gasteiger partial charge in [0.1, 0.15) is 5.75 Å². The average Bonchev–Trinajstić information content (AvgIpc) is 2.43. The lowest BCUT2D eigenvalue weighted by Gasteiger charge is -2.15. The molecule has 0 aliphatic rings. The second-order valence-corrected chi connectivity index (χ2v) is 5.59. The van der Waals surface area contributed by atoms with Gasteiger partial charge in [-0.25, -0.2) is 0 Å². The van der Waals surface area contributed by atoms with E-state index in [4.69, 9.17) is 39.5 Å². The molecule has 110 valence electrons. The second-order valence-electron chi connectivity index (χ2n) is 4.34. The van der Waals surface area contributed by atoms with E-state index in [9.17, 15) is 4.79 Å². The number of halogens is 3. The fraction of sp³-hybridized carbons (Fsp3) is 0.133. The van der Waals surface area contributed by atoms with Crippen LogP contribution in [0.25, 0.3) is 0 Å². The highest BCUT2D eigenvalue weighted by atomic mass is 35.5. The third-order valence-corrected chi connectivity index (χ3v) is 3.64. The van der Waals surface area contributed by atoms with E-state index in [-0.39, 0.29) is 5.91 Å². The topological polar surface area (TPSA) is 38.3 Å². The Balaban J connectivity index is 2.00. The number of amides is 1. The molecule has 0 bridgehead atoms. The Kier molecular flexibility index (Phi) is 5.34. The Morgan fingerprint density at radius 3 is 2.52 bits per heavy atom. The summed E-state index contributed by atoms with van der Waals surface area (Å²) in [5.41, 5.74) is 0.608. The van der Waals surface area contributed by atoms with Crippen LogP contribution in [-0.2, 0) is 4.79 Å². The van der Waals surface area contributed by atoms with Crippen molar-refractivity contribution < 1.29 is 9.53 Å². The van der Waals surface area contributed by atoms with Gasteiger partial charge in [0.15, 0.2) is 6.10 Å². The molecule has 1 unspecified atom stereocenters. The smallest absolute Gasteiger partial charge is 0.265 e. The number of carbonyl (C=O) groups is 1. The molecule has 2 aromatic rings. The predicted octanol–water partition coefficient (Wildman–Crippen LogP) is 5.05. The van der Waals surface area contributed by atoms with Gasteiger partial charge in [0, 0.05) is 16.8 Å². The molecule has 0 aliphatic heterocycles. The van der Waals surface area contributed by atoms with Crippen molar-refractivity contribution in [2.75, 3.05) is 5.32 Å². The number of hydrogen-bond acceptors (Lipinski definition) is 2. The van der Waals surface area contributed by atoms with Crippen LogP contribution in [0.1, 0.15) is 6.92 Å². The van der Waals surface area contributed by atoms with E-state index in [2.05, 4.69) is 5.32 Å². The average molecular weight is 345 g/mol. The zero-order chi connectivity index (χ0) is 15.4. The molecule has 0 saturated heterocycles. The molecule has 0 aliphatic carbocycles. The van der Waals surface area contributed by atoms with Gasteiger partial charge >= 0.3 is 0 Å². The van der Waals surface area contributed by atoms with Crippen molar-refractivity contribution in [3.05, 3.63) is 57.5 Å². The van der Waals surface area contributed by atoms with Crippen molar-refractivity contribution >= 4 is 46.4 Å². The van der Waals surface area contributed by atoms with Crippen LogP contribution in [0.5, 0.6) is 5.75 Å². The van der Waals surface area contributed by atoms with E-state index in [0.29, 0.717) is 26.5 Å². The monoisotopic (exact) mass is 343 g/mol. The SMILES string of the molecule is CC(Oc1ccc(Cl)c(Cl)c1)C(=O)Nc1cccc(Cl)c1. The molecule has 2 aromatic carbocycles. The molecule has 0 heterocycles. The van der Waals surface area contributed by atoms with Crippen molar-refractivity contribution in [3.8, 4) is 5.75 Å². The largest absolute Gasteiger partial charge is 0.481 e.